The van der Waals surface area contributed by atoms with Crippen molar-refractivity contribution in [3.05, 3.63) is 72.9 Å². The Balaban J connectivity index is 4.39. The monoisotopic (exact) mass is 781 g/mol. The second-order valence-corrected chi connectivity index (χ2v) is 14.9. The zero-order valence-electron chi connectivity index (χ0n) is 36.4. The van der Waals surface area contributed by atoms with Crippen molar-refractivity contribution in [3.8, 4) is 0 Å². The summed E-state index contributed by atoms with van der Waals surface area (Å²) in [4.78, 5) is 37.6. The highest BCUT2D eigenvalue weighted by Crippen LogP contribution is 2.12. The van der Waals surface area contributed by atoms with E-state index in [1.54, 1.807) is 0 Å². The van der Waals surface area contributed by atoms with Crippen LogP contribution in [0.15, 0.2) is 72.9 Å². The van der Waals surface area contributed by atoms with Crippen LogP contribution in [0, 0.1) is 0 Å². The van der Waals surface area contributed by atoms with Gasteiger partial charge in [-0.05, 0) is 83.5 Å². The van der Waals surface area contributed by atoms with Crippen molar-refractivity contribution in [2.24, 2.45) is 0 Å². The first-order valence-corrected chi connectivity index (χ1v) is 22.9. The van der Waals surface area contributed by atoms with Gasteiger partial charge >= 0.3 is 17.9 Å². The largest absolute Gasteiger partial charge is 0.462 e. The number of allylic oxidation sites excluding steroid dienone is 12. The molecule has 0 spiro atoms. The first-order valence-electron chi connectivity index (χ1n) is 22.9. The zero-order valence-corrected chi connectivity index (χ0v) is 36.4. The predicted octanol–water partition coefficient (Wildman–Crippen LogP) is 14.7. The van der Waals surface area contributed by atoms with Gasteiger partial charge in [0.1, 0.15) is 13.2 Å². The predicted molar refractivity (Wildman–Crippen MR) is 238 cm³/mol. The van der Waals surface area contributed by atoms with Crippen molar-refractivity contribution in [1.29, 1.82) is 0 Å². The van der Waals surface area contributed by atoms with Crippen LogP contribution in [0.1, 0.15) is 207 Å². The molecular weight excluding hydrogens is 697 g/mol. The Morgan fingerprint density at radius 2 is 0.714 bits per heavy atom. The van der Waals surface area contributed by atoms with Crippen LogP contribution in [-0.2, 0) is 28.6 Å². The molecule has 0 saturated heterocycles. The smallest absolute Gasteiger partial charge is 0.306 e. The molecule has 1 atom stereocenters. The average molecular weight is 781 g/mol. The third kappa shape index (κ3) is 42.0. The molecule has 0 amide bonds. The normalized spacial score (nSPS) is 12.7. The summed E-state index contributed by atoms with van der Waals surface area (Å²) in [6.45, 7) is 6.38. The van der Waals surface area contributed by atoms with Gasteiger partial charge in [-0.15, -0.1) is 0 Å². The van der Waals surface area contributed by atoms with E-state index >= 15 is 0 Å². The van der Waals surface area contributed by atoms with Crippen LogP contribution in [-0.4, -0.2) is 37.2 Å². The molecule has 0 radical (unpaired) electrons. The molecule has 1 unspecified atom stereocenters. The number of carbonyl (C=O) groups excluding carboxylic acids is 3. The average Bonchev–Trinajstić information content (AvgIpc) is 3.19. The van der Waals surface area contributed by atoms with Crippen LogP contribution in [0.2, 0.25) is 0 Å². The summed E-state index contributed by atoms with van der Waals surface area (Å²) in [7, 11) is 0. The molecule has 0 heterocycles. The lowest BCUT2D eigenvalue weighted by Gasteiger charge is -2.18. The molecule has 6 heteroatoms. The van der Waals surface area contributed by atoms with E-state index in [1.165, 1.54) is 70.6 Å². The Labute approximate surface area is 344 Å². The lowest BCUT2D eigenvalue weighted by atomic mass is 10.1. The van der Waals surface area contributed by atoms with Gasteiger partial charge in [0, 0.05) is 19.3 Å². The van der Waals surface area contributed by atoms with Crippen LogP contribution in [0.3, 0.4) is 0 Å². The molecule has 0 aliphatic heterocycles. The first-order chi connectivity index (χ1) is 27.5. The van der Waals surface area contributed by atoms with E-state index in [0.717, 1.165) is 89.9 Å². The Morgan fingerprint density at radius 1 is 0.375 bits per heavy atom. The summed E-state index contributed by atoms with van der Waals surface area (Å²) in [5.41, 5.74) is 0. The number of ether oxygens (including phenoxy) is 3. The Morgan fingerprint density at radius 3 is 1.18 bits per heavy atom. The van der Waals surface area contributed by atoms with Gasteiger partial charge in [0.15, 0.2) is 6.10 Å². The van der Waals surface area contributed by atoms with E-state index in [1.807, 2.05) is 0 Å². The fourth-order valence-corrected chi connectivity index (χ4v) is 6.00. The number of unbranched alkanes of at least 4 members (excludes halogenated alkanes) is 17. The van der Waals surface area contributed by atoms with Gasteiger partial charge in [0.2, 0.25) is 0 Å². The first kappa shape index (κ1) is 52.9. The molecule has 0 rings (SSSR count). The Hall–Kier alpha value is -3.15. The highest BCUT2D eigenvalue weighted by Gasteiger charge is 2.19. The zero-order chi connectivity index (χ0) is 40.8. The van der Waals surface area contributed by atoms with Gasteiger partial charge in [-0.2, -0.15) is 0 Å². The number of hydrogen-bond donors (Lipinski definition) is 0. The SMILES string of the molecule is CC/C=C\C/C=C\C/C=C\C/C=C\C/C=C\CCCC(=O)OCC(COC(=O)CCCCCCCC)OC(=O)CCCCCCC/C=C\CCCCCCCC. The third-order valence-corrected chi connectivity index (χ3v) is 9.45. The maximum Gasteiger partial charge on any atom is 0.306 e. The van der Waals surface area contributed by atoms with Gasteiger partial charge < -0.3 is 14.2 Å². The molecule has 0 aromatic rings. The molecular formula is C50H84O6. The summed E-state index contributed by atoms with van der Waals surface area (Å²) < 4.78 is 16.6. The molecule has 0 N–H and O–H groups in total. The van der Waals surface area contributed by atoms with Crippen molar-refractivity contribution in [3.63, 3.8) is 0 Å². The minimum Gasteiger partial charge on any atom is -0.462 e. The minimum atomic E-state index is -0.797. The third-order valence-electron chi connectivity index (χ3n) is 9.45. The molecule has 320 valence electrons. The molecule has 56 heavy (non-hydrogen) atoms. The summed E-state index contributed by atoms with van der Waals surface area (Å²) in [5.74, 6) is -0.981. The van der Waals surface area contributed by atoms with E-state index in [-0.39, 0.29) is 37.5 Å². The molecule has 0 saturated carbocycles. The fraction of sp³-hybridized carbons (Fsp3) is 0.700. The van der Waals surface area contributed by atoms with Gasteiger partial charge in [-0.3, -0.25) is 14.4 Å². The summed E-state index contributed by atoms with van der Waals surface area (Å²) in [6, 6.07) is 0. The quantitative estimate of drug-likeness (QED) is 0.0267. The topological polar surface area (TPSA) is 78.9 Å². The van der Waals surface area contributed by atoms with Gasteiger partial charge in [0.05, 0.1) is 0 Å². The van der Waals surface area contributed by atoms with E-state index in [4.69, 9.17) is 14.2 Å². The second-order valence-electron chi connectivity index (χ2n) is 14.9. The molecule has 6 nitrogen and oxygen atoms in total. The number of carbonyl (C=O) groups is 3. The van der Waals surface area contributed by atoms with Crippen LogP contribution in [0.5, 0.6) is 0 Å². The molecule has 0 aliphatic rings. The van der Waals surface area contributed by atoms with Crippen molar-refractivity contribution < 1.29 is 28.6 Å². The minimum absolute atomic E-state index is 0.0971. The van der Waals surface area contributed by atoms with Gasteiger partial charge in [-0.25, -0.2) is 0 Å². The van der Waals surface area contributed by atoms with Gasteiger partial charge in [0.25, 0.3) is 0 Å². The van der Waals surface area contributed by atoms with Crippen LogP contribution in [0.4, 0.5) is 0 Å². The number of esters is 3. The van der Waals surface area contributed by atoms with E-state index in [0.29, 0.717) is 19.3 Å². The van der Waals surface area contributed by atoms with Crippen molar-refractivity contribution >= 4 is 17.9 Å². The van der Waals surface area contributed by atoms with Crippen molar-refractivity contribution in [2.75, 3.05) is 13.2 Å². The maximum atomic E-state index is 12.7. The number of rotatable bonds is 40. The lowest BCUT2D eigenvalue weighted by Crippen LogP contribution is -2.30. The summed E-state index contributed by atoms with van der Waals surface area (Å²) >= 11 is 0. The molecule has 0 bridgehead atoms. The van der Waals surface area contributed by atoms with E-state index in [2.05, 4.69) is 93.7 Å². The van der Waals surface area contributed by atoms with Crippen LogP contribution < -0.4 is 0 Å². The second kappa shape index (κ2) is 44.6. The Bertz CT molecular complexity index is 1080. The van der Waals surface area contributed by atoms with Crippen LogP contribution in [0.25, 0.3) is 0 Å². The fourth-order valence-electron chi connectivity index (χ4n) is 6.00. The molecule has 0 aromatic carbocycles. The summed E-state index contributed by atoms with van der Waals surface area (Å²) in [6.07, 6.45) is 54.8. The van der Waals surface area contributed by atoms with E-state index in [9.17, 15) is 14.4 Å². The molecule has 0 aromatic heterocycles. The summed E-state index contributed by atoms with van der Waals surface area (Å²) in [5, 5.41) is 0. The highest BCUT2D eigenvalue weighted by molar-refractivity contribution is 5.71. The van der Waals surface area contributed by atoms with Gasteiger partial charge in [-0.1, -0.05) is 177 Å². The highest BCUT2D eigenvalue weighted by atomic mass is 16.6. The Kier molecular flexibility index (Phi) is 42.1. The van der Waals surface area contributed by atoms with Crippen molar-refractivity contribution in [1.82, 2.24) is 0 Å². The van der Waals surface area contributed by atoms with E-state index < -0.39 is 6.10 Å². The number of hydrogen-bond acceptors (Lipinski definition) is 6. The standard InChI is InChI=1S/C50H84O6/c1-4-7-10-13-16-18-20-22-24-25-27-28-30-32-34-37-40-43-49(52)55-46-47(45-54-48(51)42-39-36-15-12-9-6-3)56-50(53)44-41-38-35-33-31-29-26-23-21-19-17-14-11-8-5-2/h7,10,16,18,22-24,26-28,32,34,47H,4-6,8-9,11-15,17,19-21,25,29-31,33,35-46H2,1-3H3/b10-7-,18-16-,24-22-,26-23-,28-27-,34-32-. The van der Waals surface area contributed by atoms with Crippen LogP contribution >= 0.6 is 0 Å². The van der Waals surface area contributed by atoms with Crippen molar-refractivity contribution in [2.45, 2.75) is 213 Å². The molecule has 0 fully saturated rings. The lowest BCUT2D eigenvalue weighted by molar-refractivity contribution is -0.167. The maximum absolute atomic E-state index is 12.7. The molecule has 0 aliphatic carbocycles.